The molecule has 3 rings (SSSR count). The number of hydrogen-bond donors (Lipinski definition) is 0. The molecule has 0 fully saturated rings. The van der Waals surface area contributed by atoms with Crippen molar-refractivity contribution in [2.75, 3.05) is 4.90 Å². The van der Waals surface area contributed by atoms with Crippen LogP contribution in [0.15, 0.2) is 84.9 Å². The number of hydrogen-bond acceptors (Lipinski definition) is 3. The Balaban J connectivity index is 1.88. The van der Waals surface area contributed by atoms with Crippen molar-refractivity contribution < 1.29 is 9.53 Å². The number of rotatable bonds is 6. The van der Waals surface area contributed by atoms with Gasteiger partial charge >= 0.3 is 5.97 Å². The number of carbonyl (C=O) groups excluding carboxylic acids is 1. The van der Waals surface area contributed by atoms with Crippen LogP contribution in [-0.2, 0) is 16.1 Å². The number of esters is 1. The SMILES string of the molecule is CCC(=O)OCc1ccc(N(c2ccccc2)c2ccccc2)cc1. The molecule has 126 valence electrons. The van der Waals surface area contributed by atoms with E-state index in [1.807, 2.05) is 48.5 Å². The summed E-state index contributed by atoms with van der Waals surface area (Å²) in [5.41, 5.74) is 4.23. The molecule has 0 aliphatic heterocycles. The summed E-state index contributed by atoms with van der Waals surface area (Å²) in [4.78, 5) is 13.5. The summed E-state index contributed by atoms with van der Waals surface area (Å²) < 4.78 is 5.19. The van der Waals surface area contributed by atoms with Crippen LogP contribution >= 0.6 is 0 Å². The Labute approximate surface area is 148 Å². The van der Waals surface area contributed by atoms with Gasteiger partial charge in [-0.15, -0.1) is 0 Å². The third-order valence-corrected chi connectivity index (χ3v) is 3.91. The minimum Gasteiger partial charge on any atom is -0.461 e. The van der Waals surface area contributed by atoms with E-state index in [4.69, 9.17) is 4.74 Å². The van der Waals surface area contributed by atoms with E-state index in [-0.39, 0.29) is 5.97 Å². The molecule has 0 radical (unpaired) electrons. The fourth-order valence-electron chi connectivity index (χ4n) is 2.61. The molecule has 0 atom stereocenters. The van der Waals surface area contributed by atoms with Crippen molar-refractivity contribution in [3.63, 3.8) is 0 Å². The highest BCUT2D eigenvalue weighted by Gasteiger charge is 2.11. The van der Waals surface area contributed by atoms with Crippen molar-refractivity contribution in [3.05, 3.63) is 90.5 Å². The minimum atomic E-state index is -0.181. The molecular weight excluding hydrogens is 310 g/mol. The largest absolute Gasteiger partial charge is 0.461 e. The van der Waals surface area contributed by atoms with Crippen LogP contribution in [-0.4, -0.2) is 5.97 Å². The zero-order chi connectivity index (χ0) is 17.5. The highest BCUT2D eigenvalue weighted by molar-refractivity contribution is 5.76. The van der Waals surface area contributed by atoms with E-state index in [0.29, 0.717) is 13.0 Å². The summed E-state index contributed by atoms with van der Waals surface area (Å²) in [6.07, 6.45) is 0.397. The molecule has 0 heterocycles. The van der Waals surface area contributed by atoms with E-state index < -0.39 is 0 Å². The van der Waals surface area contributed by atoms with Crippen molar-refractivity contribution >= 4 is 23.0 Å². The van der Waals surface area contributed by atoms with E-state index in [2.05, 4.69) is 41.3 Å². The van der Waals surface area contributed by atoms with Gasteiger partial charge in [-0.05, 0) is 42.0 Å². The summed E-state index contributed by atoms with van der Waals surface area (Å²) in [6, 6.07) is 28.6. The summed E-state index contributed by atoms with van der Waals surface area (Å²) in [5.74, 6) is -0.181. The van der Waals surface area contributed by atoms with Crippen molar-refractivity contribution in [3.8, 4) is 0 Å². The number of ether oxygens (including phenoxy) is 1. The first kappa shape index (κ1) is 16.8. The van der Waals surface area contributed by atoms with Crippen molar-refractivity contribution in [1.29, 1.82) is 0 Å². The Bertz CT molecular complexity index is 759. The van der Waals surface area contributed by atoms with Gasteiger partial charge in [0.25, 0.3) is 0 Å². The fourth-order valence-corrected chi connectivity index (χ4v) is 2.61. The van der Waals surface area contributed by atoms with Gasteiger partial charge in [-0.25, -0.2) is 0 Å². The van der Waals surface area contributed by atoms with E-state index in [1.165, 1.54) is 0 Å². The molecule has 0 saturated heterocycles. The van der Waals surface area contributed by atoms with Crippen LogP contribution < -0.4 is 4.90 Å². The van der Waals surface area contributed by atoms with Gasteiger partial charge < -0.3 is 9.64 Å². The van der Waals surface area contributed by atoms with Crippen molar-refractivity contribution in [2.24, 2.45) is 0 Å². The first-order chi connectivity index (χ1) is 12.3. The molecular formula is C22H21NO2. The maximum atomic E-state index is 11.3. The summed E-state index contributed by atoms with van der Waals surface area (Å²) >= 11 is 0. The number of carbonyl (C=O) groups is 1. The van der Waals surface area contributed by atoms with Crippen LogP contribution in [0.4, 0.5) is 17.1 Å². The van der Waals surface area contributed by atoms with Gasteiger partial charge in [0.1, 0.15) is 6.61 Å². The molecule has 0 unspecified atom stereocenters. The molecule has 0 N–H and O–H groups in total. The molecule has 0 bridgehead atoms. The Morgan fingerprint density at radius 2 is 1.24 bits per heavy atom. The van der Waals surface area contributed by atoms with Crippen LogP contribution in [0.5, 0.6) is 0 Å². The summed E-state index contributed by atoms with van der Waals surface area (Å²) in [7, 11) is 0. The van der Waals surface area contributed by atoms with E-state index >= 15 is 0 Å². The molecule has 0 spiro atoms. The predicted octanol–water partition coefficient (Wildman–Crippen LogP) is 5.61. The van der Waals surface area contributed by atoms with E-state index in [1.54, 1.807) is 6.92 Å². The molecule has 0 aromatic heterocycles. The number of anilines is 3. The molecule has 25 heavy (non-hydrogen) atoms. The normalized spacial score (nSPS) is 10.3. The predicted molar refractivity (Wildman–Crippen MR) is 101 cm³/mol. The molecule has 3 aromatic carbocycles. The Morgan fingerprint density at radius 3 is 1.72 bits per heavy atom. The summed E-state index contributed by atoms with van der Waals surface area (Å²) in [5, 5.41) is 0. The highest BCUT2D eigenvalue weighted by Crippen LogP contribution is 2.34. The van der Waals surface area contributed by atoms with Gasteiger partial charge in [0.2, 0.25) is 0 Å². The molecule has 3 nitrogen and oxygen atoms in total. The maximum absolute atomic E-state index is 11.3. The third-order valence-electron chi connectivity index (χ3n) is 3.91. The Morgan fingerprint density at radius 1 is 0.760 bits per heavy atom. The van der Waals surface area contributed by atoms with Gasteiger partial charge in [-0.3, -0.25) is 4.79 Å². The zero-order valence-electron chi connectivity index (χ0n) is 14.3. The number of para-hydroxylation sites is 2. The average Bonchev–Trinajstić information content (AvgIpc) is 2.69. The van der Waals surface area contributed by atoms with Crippen LogP contribution in [0, 0.1) is 0 Å². The second kappa shape index (κ2) is 8.15. The van der Waals surface area contributed by atoms with Crippen LogP contribution in [0.25, 0.3) is 0 Å². The van der Waals surface area contributed by atoms with Gasteiger partial charge in [-0.2, -0.15) is 0 Å². The zero-order valence-corrected chi connectivity index (χ0v) is 14.3. The quantitative estimate of drug-likeness (QED) is 0.550. The first-order valence-electron chi connectivity index (χ1n) is 8.42. The highest BCUT2D eigenvalue weighted by atomic mass is 16.5. The molecule has 0 amide bonds. The number of benzene rings is 3. The summed E-state index contributed by atoms with van der Waals surface area (Å²) in [6.45, 7) is 2.10. The maximum Gasteiger partial charge on any atom is 0.305 e. The standard InChI is InChI=1S/C22H21NO2/c1-2-22(24)25-17-18-13-15-21(16-14-18)23(19-9-5-3-6-10-19)20-11-7-4-8-12-20/h3-16H,2,17H2,1H3. The molecule has 0 aliphatic carbocycles. The second-order valence-corrected chi connectivity index (χ2v) is 5.69. The van der Waals surface area contributed by atoms with Gasteiger partial charge in [-0.1, -0.05) is 55.5 Å². The van der Waals surface area contributed by atoms with Crippen molar-refractivity contribution in [1.82, 2.24) is 0 Å². The van der Waals surface area contributed by atoms with Gasteiger partial charge in [0.15, 0.2) is 0 Å². The second-order valence-electron chi connectivity index (χ2n) is 5.69. The van der Waals surface area contributed by atoms with Crippen LogP contribution in [0.3, 0.4) is 0 Å². The van der Waals surface area contributed by atoms with Crippen molar-refractivity contribution in [2.45, 2.75) is 20.0 Å². The smallest absolute Gasteiger partial charge is 0.305 e. The topological polar surface area (TPSA) is 29.5 Å². The fraction of sp³-hybridized carbons (Fsp3) is 0.136. The molecule has 0 saturated carbocycles. The average molecular weight is 331 g/mol. The molecule has 0 aliphatic rings. The van der Waals surface area contributed by atoms with Gasteiger partial charge in [0.05, 0.1) is 0 Å². The van der Waals surface area contributed by atoms with Crippen LogP contribution in [0.2, 0.25) is 0 Å². The monoisotopic (exact) mass is 331 g/mol. The Hall–Kier alpha value is -3.07. The minimum absolute atomic E-state index is 0.181. The first-order valence-corrected chi connectivity index (χ1v) is 8.42. The van der Waals surface area contributed by atoms with Crippen LogP contribution in [0.1, 0.15) is 18.9 Å². The molecule has 3 aromatic rings. The van der Waals surface area contributed by atoms with E-state index in [0.717, 1.165) is 22.6 Å². The van der Waals surface area contributed by atoms with E-state index in [9.17, 15) is 4.79 Å². The lowest BCUT2D eigenvalue weighted by molar-refractivity contribution is -0.144. The third kappa shape index (κ3) is 4.27. The number of nitrogens with zero attached hydrogens (tertiary/aromatic N) is 1. The van der Waals surface area contributed by atoms with Gasteiger partial charge in [0, 0.05) is 23.5 Å². The lowest BCUT2D eigenvalue weighted by Gasteiger charge is -2.25. The Kier molecular flexibility index (Phi) is 5.47. The lowest BCUT2D eigenvalue weighted by atomic mass is 10.1. The molecule has 3 heteroatoms. The lowest BCUT2D eigenvalue weighted by Crippen LogP contribution is -2.09.